The van der Waals surface area contributed by atoms with Crippen LogP contribution < -0.4 is 9.46 Å². The predicted molar refractivity (Wildman–Crippen MR) is 64.7 cm³/mol. The second-order valence-electron chi connectivity index (χ2n) is 3.86. The maximum Gasteiger partial charge on any atom is 0.338 e. The van der Waals surface area contributed by atoms with Crippen molar-refractivity contribution in [2.24, 2.45) is 0 Å². The maximum absolute atomic E-state index is 11.5. The molecule has 0 aliphatic carbocycles. The van der Waals surface area contributed by atoms with Crippen LogP contribution in [0.5, 0.6) is 5.75 Å². The van der Waals surface area contributed by atoms with Gasteiger partial charge in [-0.3, -0.25) is 0 Å². The molecule has 2 rings (SSSR count). The van der Waals surface area contributed by atoms with E-state index < -0.39 is 28.4 Å². The van der Waals surface area contributed by atoms with E-state index in [1.54, 1.807) is 24.3 Å². The summed E-state index contributed by atoms with van der Waals surface area (Å²) in [7, 11) is -1.26. The molecule has 1 aliphatic heterocycles. The Kier molecular flexibility index (Phi) is 3.74. The SMILES string of the molecule is COC(=O)[C@H]1OS(=O)(=O)N[C@H]1c1ccc(OC)cc1. The number of hydrogen-bond donors (Lipinski definition) is 1. The molecule has 0 radical (unpaired) electrons. The molecule has 0 spiro atoms. The summed E-state index contributed by atoms with van der Waals surface area (Å²) in [6, 6.07) is 5.81. The highest BCUT2D eigenvalue weighted by atomic mass is 32.2. The zero-order chi connectivity index (χ0) is 14.0. The van der Waals surface area contributed by atoms with Gasteiger partial charge in [0.05, 0.1) is 20.3 Å². The van der Waals surface area contributed by atoms with Gasteiger partial charge < -0.3 is 9.47 Å². The Balaban J connectivity index is 2.32. The Bertz CT molecular complexity index is 567. The summed E-state index contributed by atoms with van der Waals surface area (Å²) in [5.41, 5.74) is 0.581. The van der Waals surface area contributed by atoms with Gasteiger partial charge in [-0.1, -0.05) is 12.1 Å². The lowest BCUT2D eigenvalue weighted by Gasteiger charge is -2.14. The third-order valence-electron chi connectivity index (χ3n) is 2.71. The number of ether oxygens (including phenoxy) is 2. The van der Waals surface area contributed by atoms with E-state index in [4.69, 9.17) is 4.74 Å². The van der Waals surface area contributed by atoms with Crippen LogP contribution in [0.1, 0.15) is 11.6 Å². The topological polar surface area (TPSA) is 90.9 Å². The van der Waals surface area contributed by atoms with E-state index in [0.717, 1.165) is 0 Å². The minimum absolute atomic E-state index is 0.581. The molecule has 0 aromatic heterocycles. The molecule has 0 amide bonds. The Morgan fingerprint density at radius 1 is 1.26 bits per heavy atom. The third-order valence-corrected chi connectivity index (χ3v) is 3.72. The van der Waals surface area contributed by atoms with Crippen LogP contribution in [-0.4, -0.2) is 34.7 Å². The average Bonchev–Trinajstić information content (AvgIpc) is 2.74. The van der Waals surface area contributed by atoms with Gasteiger partial charge in [0.25, 0.3) is 0 Å². The van der Waals surface area contributed by atoms with Crippen LogP contribution in [0.4, 0.5) is 0 Å². The standard InChI is InChI=1S/C11H13NO6S/c1-16-8-5-3-7(4-6-8)9-10(11(13)17-2)18-19(14,15)12-9/h3-6,9-10,12H,1-2H3/t9-,10-/m0/s1. The van der Waals surface area contributed by atoms with Gasteiger partial charge in [0.2, 0.25) is 0 Å². The lowest BCUT2D eigenvalue weighted by atomic mass is 10.0. The van der Waals surface area contributed by atoms with Crippen LogP contribution in [-0.2, 0) is 24.0 Å². The second-order valence-corrected chi connectivity index (χ2v) is 5.20. The van der Waals surface area contributed by atoms with Crippen LogP contribution in [0.3, 0.4) is 0 Å². The number of carbonyl (C=O) groups excluding carboxylic acids is 1. The number of rotatable bonds is 3. The van der Waals surface area contributed by atoms with Crippen LogP contribution in [0.25, 0.3) is 0 Å². The minimum atomic E-state index is -3.95. The first-order valence-corrected chi connectivity index (χ1v) is 6.80. The molecule has 0 bridgehead atoms. The molecule has 1 heterocycles. The Hall–Kier alpha value is -1.64. The van der Waals surface area contributed by atoms with Crippen molar-refractivity contribution in [3.63, 3.8) is 0 Å². The van der Waals surface area contributed by atoms with Gasteiger partial charge in [-0.25, -0.2) is 8.98 Å². The van der Waals surface area contributed by atoms with Crippen LogP contribution in [0.15, 0.2) is 24.3 Å². The molecular weight excluding hydrogens is 274 g/mol. The van der Waals surface area contributed by atoms with Gasteiger partial charge in [-0.15, -0.1) is 0 Å². The molecule has 8 heteroatoms. The van der Waals surface area contributed by atoms with Gasteiger partial charge in [0.15, 0.2) is 6.10 Å². The van der Waals surface area contributed by atoms with Crippen LogP contribution in [0.2, 0.25) is 0 Å². The van der Waals surface area contributed by atoms with E-state index in [9.17, 15) is 13.2 Å². The largest absolute Gasteiger partial charge is 0.497 e. The fraction of sp³-hybridized carbons (Fsp3) is 0.364. The van der Waals surface area contributed by atoms with E-state index >= 15 is 0 Å². The average molecular weight is 287 g/mol. The lowest BCUT2D eigenvalue weighted by Crippen LogP contribution is -2.30. The first-order chi connectivity index (χ1) is 8.96. The summed E-state index contributed by atoms with van der Waals surface area (Å²) in [6.07, 6.45) is -1.23. The van der Waals surface area contributed by atoms with Crippen molar-refractivity contribution in [3.8, 4) is 5.75 Å². The molecule has 19 heavy (non-hydrogen) atoms. The van der Waals surface area contributed by atoms with Gasteiger partial charge in [-0.2, -0.15) is 13.1 Å². The highest BCUT2D eigenvalue weighted by Crippen LogP contribution is 2.29. The van der Waals surface area contributed by atoms with Gasteiger partial charge >= 0.3 is 16.3 Å². The van der Waals surface area contributed by atoms with Crippen molar-refractivity contribution in [2.75, 3.05) is 14.2 Å². The summed E-state index contributed by atoms with van der Waals surface area (Å²) in [5, 5.41) is 0. The highest BCUT2D eigenvalue weighted by molar-refractivity contribution is 7.85. The number of benzene rings is 1. The summed E-state index contributed by atoms with van der Waals surface area (Å²) < 4.78 is 39.3. The number of carbonyl (C=O) groups is 1. The Labute approximate surface area is 110 Å². The van der Waals surface area contributed by atoms with Gasteiger partial charge in [0.1, 0.15) is 5.75 Å². The molecular formula is C11H13NO6S. The van der Waals surface area contributed by atoms with Crippen molar-refractivity contribution in [2.45, 2.75) is 12.1 Å². The molecule has 1 aromatic carbocycles. The molecule has 7 nitrogen and oxygen atoms in total. The van der Waals surface area contributed by atoms with Crippen LogP contribution >= 0.6 is 0 Å². The summed E-state index contributed by atoms with van der Waals surface area (Å²) in [4.78, 5) is 11.5. The normalized spacial score (nSPS) is 24.9. The molecule has 2 atom stereocenters. The van der Waals surface area contributed by atoms with Crippen molar-refractivity contribution >= 4 is 16.3 Å². The monoisotopic (exact) mass is 287 g/mol. The predicted octanol–water partition coefficient (Wildman–Crippen LogP) is 0.142. The molecule has 0 unspecified atom stereocenters. The quantitative estimate of drug-likeness (QED) is 0.795. The molecule has 0 saturated carbocycles. The Morgan fingerprint density at radius 2 is 1.89 bits per heavy atom. The molecule has 1 fully saturated rings. The van der Waals surface area contributed by atoms with Gasteiger partial charge in [-0.05, 0) is 17.7 Å². The first kappa shape index (κ1) is 13.8. The van der Waals surface area contributed by atoms with E-state index in [1.807, 2.05) is 0 Å². The molecule has 1 aromatic rings. The zero-order valence-corrected chi connectivity index (χ0v) is 11.1. The first-order valence-electron chi connectivity index (χ1n) is 5.39. The van der Waals surface area contributed by atoms with Crippen LogP contribution in [0, 0.1) is 0 Å². The molecule has 1 aliphatic rings. The van der Waals surface area contributed by atoms with E-state index in [0.29, 0.717) is 11.3 Å². The van der Waals surface area contributed by atoms with E-state index in [2.05, 4.69) is 13.6 Å². The number of esters is 1. The lowest BCUT2D eigenvalue weighted by molar-refractivity contribution is -0.148. The maximum atomic E-state index is 11.5. The second kappa shape index (κ2) is 5.16. The molecule has 104 valence electrons. The van der Waals surface area contributed by atoms with Gasteiger partial charge in [0, 0.05) is 0 Å². The van der Waals surface area contributed by atoms with E-state index in [1.165, 1.54) is 14.2 Å². The molecule has 1 N–H and O–H groups in total. The van der Waals surface area contributed by atoms with Crippen molar-refractivity contribution in [1.82, 2.24) is 4.72 Å². The number of methoxy groups -OCH3 is 2. The summed E-state index contributed by atoms with van der Waals surface area (Å²) in [6.45, 7) is 0. The number of nitrogens with one attached hydrogen (secondary N) is 1. The smallest absolute Gasteiger partial charge is 0.338 e. The fourth-order valence-corrected chi connectivity index (χ4v) is 2.87. The highest BCUT2D eigenvalue weighted by Gasteiger charge is 2.44. The summed E-state index contributed by atoms with van der Waals surface area (Å²) >= 11 is 0. The minimum Gasteiger partial charge on any atom is -0.497 e. The Morgan fingerprint density at radius 3 is 2.42 bits per heavy atom. The van der Waals surface area contributed by atoms with E-state index in [-0.39, 0.29) is 0 Å². The van der Waals surface area contributed by atoms with Crippen molar-refractivity contribution < 1.29 is 26.9 Å². The van der Waals surface area contributed by atoms with Crippen molar-refractivity contribution in [1.29, 1.82) is 0 Å². The number of hydrogen-bond acceptors (Lipinski definition) is 6. The molecule has 1 saturated heterocycles. The zero-order valence-electron chi connectivity index (χ0n) is 10.3. The third kappa shape index (κ3) is 2.86. The van der Waals surface area contributed by atoms with Crippen molar-refractivity contribution in [3.05, 3.63) is 29.8 Å². The fourth-order valence-electron chi connectivity index (χ4n) is 1.78. The summed E-state index contributed by atoms with van der Waals surface area (Å²) in [5.74, 6) is -0.130.